The molecule has 0 saturated carbocycles. The lowest BCUT2D eigenvalue weighted by atomic mass is 9.75. The second-order valence-corrected chi connectivity index (χ2v) is 27.6. The number of hydrogen-bond acceptors (Lipinski definition) is 12. The summed E-state index contributed by atoms with van der Waals surface area (Å²) in [5.41, 5.74) is 16.4. The zero-order valence-electron chi connectivity index (χ0n) is 56.4. The van der Waals surface area contributed by atoms with Gasteiger partial charge in [0.05, 0.1) is 49.6 Å². The monoisotopic (exact) mass is 1250 g/mol. The number of nitrogens with one attached hydrogen (secondary N) is 4. The predicted molar refractivity (Wildman–Crippen MR) is 365 cm³/mol. The van der Waals surface area contributed by atoms with Gasteiger partial charge in [0.1, 0.15) is 11.5 Å². The molecule has 2 atom stereocenters. The number of hydrogen-bond donors (Lipinski definition) is 4. The van der Waals surface area contributed by atoms with E-state index < -0.39 is 0 Å². The number of carbonyl (C=O) groups is 2. The van der Waals surface area contributed by atoms with Crippen LogP contribution in [0.5, 0.6) is 11.5 Å². The van der Waals surface area contributed by atoms with Crippen molar-refractivity contribution < 1.29 is 38.0 Å². The Hall–Kier alpha value is -7.50. The fraction of sp³-hybridized carbons (Fsp3) is 0.500. The highest BCUT2D eigenvalue weighted by Crippen LogP contribution is 2.49. The van der Waals surface area contributed by atoms with Gasteiger partial charge in [0.15, 0.2) is 0 Å². The van der Waals surface area contributed by atoms with E-state index in [4.69, 9.17) is 28.4 Å². The fourth-order valence-electron chi connectivity index (χ4n) is 15.7. The lowest BCUT2D eigenvalue weighted by molar-refractivity contribution is -0.0591. The zero-order chi connectivity index (χ0) is 65.3. The molecule has 16 heteroatoms. The van der Waals surface area contributed by atoms with E-state index in [0.717, 1.165) is 142 Å². The number of rotatable bonds is 16. The summed E-state index contributed by atoms with van der Waals surface area (Å²) >= 11 is 0. The summed E-state index contributed by atoms with van der Waals surface area (Å²) in [4.78, 5) is 64.1. The van der Waals surface area contributed by atoms with Gasteiger partial charge in [-0.05, 0) is 232 Å². The number of benzene rings is 4. The first kappa shape index (κ1) is 66.0. The summed E-state index contributed by atoms with van der Waals surface area (Å²) < 4.78 is 34.5. The number of amides is 2. The van der Waals surface area contributed by atoms with E-state index >= 15 is 0 Å². The number of carbonyl (C=O) groups excluding carboxylic acids is 2. The van der Waals surface area contributed by atoms with Crippen LogP contribution in [-0.4, -0.2) is 112 Å². The van der Waals surface area contributed by atoms with Crippen LogP contribution in [-0.2, 0) is 49.3 Å². The van der Waals surface area contributed by atoms with E-state index in [1.165, 1.54) is 42.9 Å². The molecular weight excluding hydrogens is 1160 g/mol. The van der Waals surface area contributed by atoms with Crippen LogP contribution in [0, 0.1) is 27.7 Å². The van der Waals surface area contributed by atoms with Gasteiger partial charge in [-0.1, -0.05) is 42.5 Å². The van der Waals surface area contributed by atoms with Crippen molar-refractivity contribution in [3.63, 3.8) is 0 Å². The van der Waals surface area contributed by atoms with Crippen molar-refractivity contribution in [2.75, 3.05) is 76.8 Å². The highest BCUT2D eigenvalue weighted by Gasteiger charge is 2.41. The van der Waals surface area contributed by atoms with Gasteiger partial charge in [-0.25, -0.2) is 0 Å². The largest absolute Gasteiger partial charge is 0.496 e. The van der Waals surface area contributed by atoms with Gasteiger partial charge in [-0.3, -0.25) is 19.2 Å². The van der Waals surface area contributed by atoms with Crippen molar-refractivity contribution in [1.29, 1.82) is 0 Å². The standard InChI is InChI=1S/C38H49N3O5.C38H47N3O5/c2*1-7-41(29-11-15-46-37(4,5)22-29)33-21-28(26-8-9-32-27(19-26)10-12-38(32)13-16-45-17-14-38)20-30(25(33)3)35(42)39-23-31-34(44-6)18-24(2)40-36(31)43/h8-9,18-21,29H,7,10-17,22-23H2,1-6H3,(H,39,42)(H,40,43);8-10,12,18-21,29H,7,11,13-17,22-23H2,1-6H3,(H,39,42)(H,40,43). The van der Waals surface area contributed by atoms with Crippen LogP contribution in [0.3, 0.4) is 0 Å². The number of fused-ring (bicyclic) bond motifs is 4. The van der Waals surface area contributed by atoms with Gasteiger partial charge in [0.2, 0.25) is 0 Å². The van der Waals surface area contributed by atoms with E-state index in [2.05, 4.69) is 133 Å². The van der Waals surface area contributed by atoms with Crippen molar-refractivity contribution >= 4 is 29.3 Å². The normalized spacial score (nSPS) is 19.7. The Kier molecular flexibility index (Phi) is 19.5. The molecule has 0 radical (unpaired) electrons. The Morgan fingerprint density at radius 3 is 1.51 bits per heavy atom. The molecule has 12 rings (SSSR count). The number of aromatic amines is 2. The Balaban J connectivity index is 0.000000188. The molecule has 4 aliphatic heterocycles. The third-order valence-electron chi connectivity index (χ3n) is 20.7. The Morgan fingerprint density at radius 1 is 0.576 bits per heavy atom. The summed E-state index contributed by atoms with van der Waals surface area (Å²) in [7, 11) is 3.07. The molecule has 6 heterocycles. The zero-order valence-corrected chi connectivity index (χ0v) is 56.4. The molecule has 4 aromatic carbocycles. The third kappa shape index (κ3) is 13.6. The average Bonchev–Trinajstić information content (AvgIpc) is 1.73. The van der Waals surface area contributed by atoms with E-state index in [1.54, 1.807) is 19.1 Å². The minimum absolute atomic E-state index is 0.0533. The second-order valence-electron chi connectivity index (χ2n) is 27.6. The fourth-order valence-corrected chi connectivity index (χ4v) is 15.7. The molecule has 2 spiro atoms. The van der Waals surface area contributed by atoms with Crippen molar-refractivity contribution in [2.24, 2.45) is 0 Å². The second kappa shape index (κ2) is 27.2. The molecule has 4 N–H and O–H groups in total. The number of aromatic nitrogens is 2. The third-order valence-corrected chi connectivity index (χ3v) is 20.7. The smallest absolute Gasteiger partial charge is 0.256 e. The van der Waals surface area contributed by atoms with E-state index in [1.807, 2.05) is 32.9 Å². The Bertz CT molecular complexity index is 3880. The number of methoxy groups -OCH3 is 2. The van der Waals surface area contributed by atoms with Crippen molar-refractivity contribution in [3.8, 4) is 33.8 Å². The van der Waals surface area contributed by atoms with Gasteiger partial charge < -0.3 is 58.8 Å². The summed E-state index contributed by atoms with van der Waals surface area (Å²) in [6.07, 6.45) is 14.7. The summed E-state index contributed by atoms with van der Waals surface area (Å²) in [5, 5.41) is 6.06. The van der Waals surface area contributed by atoms with Gasteiger partial charge in [0.25, 0.3) is 22.9 Å². The molecule has 4 saturated heterocycles. The van der Waals surface area contributed by atoms with Crippen molar-refractivity contribution in [3.05, 3.63) is 167 Å². The maximum atomic E-state index is 14.0. The first-order valence-electron chi connectivity index (χ1n) is 33.4. The van der Waals surface area contributed by atoms with Gasteiger partial charge in [-0.2, -0.15) is 0 Å². The highest BCUT2D eigenvalue weighted by atomic mass is 16.5. The minimum Gasteiger partial charge on any atom is -0.496 e. The summed E-state index contributed by atoms with van der Waals surface area (Å²) in [5.74, 6) is 0.481. The average molecular weight is 1250 g/mol. The molecular formula is C76H96N6O10. The topological polar surface area (TPSA) is 186 Å². The summed E-state index contributed by atoms with van der Waals surface area (Å²) in [6.45, 7) is 27.0. The number of nitrogens with zero attached hydrogens (tertiary/aromatic N) is 2. The maximum absolute atomic E-state index is 14.0. The van der Waals surface area contributed by atoms with E-state index in [0.29, 0.717) is 64.4 Å². The first-order chi connectivity index (χ1) is 44.1. The summed E-state index contributed by atoms with van der Waals surface area (Å²) in [6, 6.07) is 26.3. The van der Waals surface area contributed by atoms with Crippen LogP contribution in [0.4, 0.5) is 11.4 Å². The number of ether oxygens (including phenoxy) is 6. The lowest BCUT2D eigenvalue weighted by Crippen LogP contribution is -2.46. The molecule has 2 aromatic heterocycles. The number of pyridine rings is 2. The van der Waals surface area contributed by atoms with Crippen LogP contribution in [0.2, 0.25) is 0 Å². The Labute approximate surface area is 543 Å². The number of allylic oxidation sites excluding steroid dienone is 1. The van der Waals surface area contributed by atoms with Crippen molar-refractivity contribution in [2.45, 2.75) is 181 Å². The van der Waals surface area contributed by atoms with Gasteiger partial charge >= 0.3 is 0 Å². The highest BCUT2D eigenvalue weighted by molar-refractivity contribution is 6.00. The van der Waals surface area contributed by atoms with Crippen molar-refractivity contribution in [1.82, 2.24) is 20.6 Å². The molecule has 16 nitrogen and oxygen atoms in total. The predicted octanol–water partition coefficient (Wildman–Crippen LogP) is 12.8. The Morgan fingerprint density at radius 2 is 1.04 bits per heavy atom. The van der Waals surface area contributed by atoms with Gasteiger partial charge in [-0.15, -0.1) is 0 Å². The molecule has 2 aliphatic carbocycles. The molecule has 92 heavy (non-hydrogen) atoms. The van der Waals surface area contributed by atoms with E-state index in [9.17, 15) is 19.2 Å². The van der Waals surface area contributed by atoms with Crippen LogP contribution < -0.4 is 41.0 Å². The minimum atomic E-state index is -0.268. The van der Waals surface area contributed by atoms with Crippen LogP contribution in [0.15, 0.2) is 88.5 Å². The van der Waals surface area contributed by atoms with Crippen LogP contribution in [0.1, 0.15) is 176 Å². The van der Waals surface area contributed by atoms with Crippen LogP contribution in [0.25, 0.3) is 28.3 Å². The van der Waals surface area contributed by atoms with Crippen LogP contribution >= 0.6 is 0 Å². The SMILES string of the molecule is CCN(c1cc(-c2ccc3c(c2)C=CC32CCOCC2)cc(C(=O)NCc2c(OC)cc(C)[nH]c2=O)c1C)C1CCOC(C)(C)C1.CCN(c1cc(-c2ccc3c(c2)CCC32CCOCC2)cc(C(=O)NCc2c(OC)cc(C)[nH]c2=O)c1C)C1CCOC(C)(C)C1. The van der Waals surface area contributed by atoms with E-state index in [-0.39, 0.29) is 64.1 Å². The molecule has 4 fully saturated rings. The molecule has 6 aromatic rings. The molecule has 2 amide bonds. The molecule has 490 valence electrons. The first-order valence-corrected chi connectivity index (χ1v) is 33.4. The molecule has 2 unspecified atom stereocenters. The molecule has 6 aliphatic rings. The quantitative estimate of drug-likeness (QED) is 0.0720. The molecule has 0 bridgehead atoms. The number of aryl methyl sites for hydroxylation is 3. The number of anilines is 2. The maximum Gasteiger partial charge on any atom is 0.256 e. The van der Waals surface area contributed by atoms with Gasteiger partial charge in [0, 0.05) is 110 Å². The number of H-pyrrole nitrogens is 2. The lowest BCUT2D eigenvalue weighted by Gasteiger charge is -2.42.